The molecule has 12 aromatic carbocycles. The van der Waals surface area contributed by atoms with E-state index in [4.69, 9.17) is 4.98 Å². The highest BCUT2D eigenvalue weighted by Crippen LogP contribution is 2.55. The molecule has 0 saturated carbocycles. The van der Waals surface area contributed by atoms with Crippen molar-refractivity contribution in [3.8, 4) is 89.0 Å². The first-order valence-corrected chi connectivity index (χ1v) is 29.6. The van der Waals surface area contributed by atoms with Crippen molar-refractivity contribution in [1.82, 2.24) is 4.98 Å². The van der Waals surface area contributed by atoms with E-state index in [1.54, 1.807) is 0 Å². The van der Waals surface area contributed by atoms with Crippen molar-refractivity contribution in [3.63, 3.8) is 0 Å². The van der Waals surface area contributed by atoms with Crippen molar-refractivity contribution in [2.75, 3.05) is 9.80 Å². The zero-order valence-electron chi connectivity index (χ0n) is 47.9. The van der Waals surface area contributed by atoms with Crippen molar-refractivity contribution in [3.05, 3.63) is 315 Å². The molecule has 15 rings (SSSR count). The first kappa shape index (κ1) is 51.3. The molecule has 0 spiro atoms. The molecule has 0 atom stereocenters. The zero-order chi connectivity index (χ0) is 57.0. The van der Waals surface area contributed by atoms with E-state index in [0.717, 1.165) is 123 Å². The van der Waals surface area contributed by atoms with Gasteiger partial charge in [0.2, 0.25) is 0 Å². The van der Waals surface area contributed by atoms with Crippen LogP contribution in [0.3, 0.4) is 0 Å². The first-order valence-electron chi connectivity index (χ1n) is 29.6. The number of aromatic nitrogens is 1. The quantitative estimate of drug-likeness (QED) is 0.127. The van der Waals surface area contributed by atoms with Crippen LogP contribution in [0, 0.1) is 0 Å². The number of fused-ring (bicyclic) bond motifs is 4. The van der Waals surface area contributed by atoms with E-state index in [9.17, 15) is 0 Å². The van der Waals surface area contributed by atoms with Crippen LogP contribution in [0.4, 0.5) is 34.3 Å². The summed E-state index contributed by atoms with van der Waals surface area (Å²) in [5, 5.41) is 0. The molecule has 13 aromatic rings. The first-order chi connectivity index (χ1) is 41.9. The van der Waals surface area contributed by atoms with Crippen molar-refractivity contribution >= 4 is 57.4 Å². The molecule has 0 unspecified atom stereocenters. The highest BCUT2D eigenvalue weighted by atomic mass is 15.2. The van der Waals surface area contributed by atoms with Gasteiger partial charge in [-0.2, -0.15) is 0 Å². The van der Waals surface area contributed by atoms with E-state index in [0.29, 0.717) is 0 Å². The third-order valence-corrected chi connectivity index (χ3v) is 17.1. The van der Waals surface area contributed by atoms with E-state index < -0.39 is 5.41 Å². The molecular weight excluding hydrogens is 1030 g/mol. The minimum absolute atomic E-state index is 0.336. The largest absolute Gasteiger partial charge is 0.310 e. The Morgan fingerprint density at radius 1 is 0.259 bits per heavy atom. The van der Waals surface area contributed by atoms with Gasteiger partial charge in [0.25, 0.3) is 6.71 Å². The van der Waals surface area contributed by atoms with Gasteiger partial charge >= 0.3 is 0 Å². The van der Waals surface area contributed by atoms with Crippen LogP contribution in [0.15, 0.2) is 309 Å². The van der Waals surface area contributed by atoms with Crippen LogP contribution >= 0.6 is 0 Å². The molecular formula is C81H60BN3. The predicted molar refractivity (Wildman–Crippen MR) is 360 cm³/mol. The fourth-order valence-electron chi connectivity index (χ4n) is 13.2. The Hall–Kier alpha value is -10.5. The smallest absolute Gasteiger partial charge is 0.255 e. The molecule has 1 aromatic heterocycles. The second-order valence-corrected chi connectivity index (χ2v) is 23.4. The normalized spacial score (nSPS) is 12.3. The minimum atomic E-state index is -0.399. The lowest BCUT2D eigenvalue weighted by Gasteiger charge is -2.47. The standard InChI is InChI=1S/C81H60BN3/c1-81(2,3)74-54-73-77-80(83-74)85(79-67(59-38-20-8-21-39-59)48-29-49-68(79)60-40-22-9-23-41-60)72-53-64(56-32-14-5-15-33-56)51-70(62-44-26-11-27-45-62)76(72)82(77)75-69(61-42-24-10-25-43-61)50-63(55-30-12-4-13-31-55)52-71(75)84(73)78-65(57-34-16-6-17-35-57)46-28-47-66(78)58-36-18-7-19-37-58/h4-54H,1-3H3. The lowest BCUT2D eigenvalue weighted by Crippen LogP contribution is -2.63. The number of pyridine rings is 1. The molecule has 4 heteroatoms. The van der Waals surface area contributed by atoms with Gasteiger partial charge in [-0.15, -0.1) is 0 Å². The third kappa shape index (κ3) is 9.06. The summed E-state index contributed by atoms with van der Waals surface area (Å²) in [6.45, 7) is 6.61. The van der Waals surface area contributed by atoms with Gasteiger partial charge in [0.1, 0.15) is 5.82 Å². The lowest BCUT2D eigenvalue weighted by atomic mass is 9.32. The highest BCUT2D eigenvalue weighted by Gasteiger charge is 2.49. The fourth-order valence-corrected chi connectivity index (χ4v) is 13.2. The summed E-state index contributed by atoms with van der Waals surface area (Å²) in [6.07, 6.45) is 0. The van der Waals surface area contributed by atoms with Crippen molar-refractivity contribution in [1.29, 1.82) is 0 Å². The Bertz CT molecular complexity index is 4190. The fraction of sp³-hybridized carbons (Fsp3) is 0.0494. The second kappa shape index (κ2) is 21.3. The Labute approximate surface area is 499 Å². The third-order valence-electron chi connectivity index (χ3n) is 17.1. The van der Waals surface area contributed by atoms with Crippen LogP contribution in [-0.4, -0.2) is 11.7 Å². The molecule has 0 bridgehead atoms. The lowest BCUT2D eigenvalue weighted by molar-refractivity contribution is 0.569. The Morgan fingerprint density at radius 3 is 0.871 bits per heavy atom. The summed E-state index contributed by atoms with van der Waals surface area (Å²) in [4.78, 5) is 11.5. The van der Waals surface area contributed by atoms with Crippen molar-refractivity contribution < 1.29 is 0 Å². The SMILES string of the molecule is CC(C)(C)c1cc2c3c(n1)N(c1c(-c4ccccc4)cccc1-c1ccccc1)c1cc(-c4ccccc4)cc(-c4ccccc4)c1B3c1c(-c3ccccc3)cc(-c3ccccc3)cc1N2c1c(-c2ccccc2)cccc1-c1ccccc1. The van der Waals surface area contributed by atoms with Gasteiger partial charge in [0.05, 0.1) is 17.1 Å². The number of nitrogens with zero attached hydrogens (tertiary/aromatic N) is 3. The van der Waals surface area contributed by atoms with Gasteiger partial charge in [-0.3, -0.25) is 4.90 Å². The van der Waals surface area contributed by atoms with E-state index in [-0.39, 0.29) is 6.71 Å². The van der Waals surface area contributed by atoms with Gasteiger partial charge < -0.3 is 4.90 Å². The Morgan fingerprint density at radius 2 is 0.541 bits per heavy atom. The maximum Gasteiger partial charge on any atom is 0.255 e. The molecule has 0 saturated heterocycles. The summed E-state index contributed by atoms with van der Waals surface area (Å²) in [7, 11) is 0. The summed E-state index contributed by atoms with van der Waals surface area (Å²) in [5.41, 5.74) is 27.8. The summed E-state index contributed by atoms with van der Waals surface area (Å²) in [5.74, 6) is 0.907. The van der Waals surface area contributed by atoms with E-state index in [1.165, 1.54) is 22.1 Å². The molecule has 3 nitrogen and oxygen atoms in total. The number of para-hydroxylation sites is 2. The van der Waals surface area contributed by atoms with E-state index in [2.05, 4.69) is 340 Å². The second-order valence-electron chi connectivity index (χ2n) is 23.4. The van der Waals surface area contributed by atoms with E-state index >= 15 is 0 Å². The average Bonchev–Trinajstić information content (AvgIpc) is 1.07. The number of hydrogen-bond acceptors (Lipinski definition) is 3. The van der Waals surface area contributed by atoms with Crippen molar-refractivity contribution in [2.24, 2.45) is 0 Å². The Kier molecular flexibility index (Phi) is 12.9. The van der Waals surface area contributed by atoms with Crippen LogP contribution in [0.2, 0.25) is 0 Å². The molecule has 2 aliphatic heterocycles. The van der Waals surface area contributed by atoms with E-state index in [1.807, 2.05) is 0 Å². The molecule has 0 aliphatic carbocycles. The number of rotatable bonds is 10. The average molecular weight is 1090 g/mol. The van der Waals surface area contributed by atoms with Gasteiger partial charge in [-0.05, 0) is 113 Å². The number of anilines is 6. The Balaban J connectivity index is 1.20. The monoisotopic (exact) mass is 1090 g/mol. The number of hydrogen-bond donors (Lipinski definition) is 0. The molecule has 85 heavy (non-hydrogen) atoms. The van der Waals surface area contributed by atoms with Crippen LogP contribution < -0.4 is 26.2 Å². The van der Waals surface area contributed by atoms with Gasteiger partial charge in [0.15, 0.2) is 0 Å². The molecule has 3 heterocycles. The minimum Gasteiger partial charge on any atom is -0.310 e. The van der Waals surface area contributed by atoms with Crippen molar-refractivity contribution in [2.45, 2.75) is 26.2 Å². The predicted octanol–water partition coefficient (Wildman–Crippen LogP) is 19.8. The topological polar surface area (TPSA) is 19.4 Å². The van der Waals surface area contributed by atoms with Gasteiger partial charge in [0, 0.05) is 44.7 Å². The number of benzene rings is 12. The maximum absolute atomic E-state index is 6.24. The van der Waals surface area contributed by atoms with Crippen LogP contribution in [0.1, 0.15) is 26.5 Å². The van der Waals surface area contributed by atoms with Crippen LogP contribution in [0.25, 0.3) is 89.0 Å². The molecule has 402 valence electrons. The van der Waals surface area contributed by atoms with Crippen LogP contribution in [0.5, 0.6) is 0 Å². The summed E-state index contributed by atoms with van der Waals surface area (Å²) < 4.78 is 0. The summed E-state index contributed by atoms with van der Waals surface area (Å²) in [6, 6.07) is 114. The summed E-state index contributed by atoms with van der Waals surface area (Å²) >= 11 is 0. The maximum atomic E-state index is 6.24. The van der Waals surface area contributed by atoms with Gasteiger partial charge in [-0.1, -0.05) is 300 Å². The molecule has 0 amide bonds. The molecule has 2 aliphatic rings. The molecule has 0 fully saturated rings. The van der Waals surface area contributed by atoms with Gasteiger partial charge in [-0.25, -0.2) is 4.98 Å². The molecule has 0 N–H and O–H groups in total. The highest BCUT2D eigenvalue weighted by molar-refractivity contribution is 7.02. The zero-order valence-corrected chi connectivity index (χ0v) is 47.9. The van der Waals surface area contributed by atoms with Crippen LogP contribution in [-0.2, 0) is 5.41 Å². The molecule has 0 radical (unpaired) electrons.